The first-order chi connectivity index (χ1) is 14.0. The summed E-state index contributed by atoms with van der Waals surface area (Å²) >= 11 is 0. The third-order valence-corrected chi connectivity index (χ3v) is 4.82. The number of nitrogens with two attached hydrogens (primary N) is 1. The van der Waals surface area contributed by atoms with Crippen molar-refractivity contribution in [1.82, 2.24) is 5.32 Å². The molecule has 2 aromatic carbocycles. The molecule has 0 radical (unpaired) electrons. The molecule has 1 heterocycles. The van der Waals surface area contributed by atoms with Crippen LogP contribution in [0.1, 0.15) is 42.4 Å². The van der Waals surface area contributed by atoms with Gasteiger partial charge in [0, 0.05) is 30.3 Å². The van der Waals surface area contributed by atoms with E-state index in [2.05, 4.69) is 5.32 Å². The van der Waals surface area contributed by atoms with E-state index >= 15 is 0 Å². The van der Waals surface area contributed by atoms with Crippen molar-refractivity contribution in [2.75, 3.05) is 27.3 Å². The van der Waals surface area contributed by atoms with Crippen molar-refractivity contribution in [3.63, 3.8) is 0 Å². The van der Waals surface area contributed by atoms with Gasteiger partial charge in [-0.1, -0.05) is 24.3 Å². The van der Waals surface area contributed by atoms with Crippen molar-refractivity contribution in [1.29, 1.82) is 0 Å². The number of carbonyl (C=O) groups excluding carboxylic acids is 3. The monoisotopic (exact) mass is 394 g/mol. The molecule has 29 heavy (non-hydrogen) atoms. The summed E-state index contributed by atoms with van der Waals surface area (Å²) in [7, 11) is 2.76. The Hall–Kier alpha value is -3.65. The first-order valence-electron chi connectivity index (χ1n) is 8.91. The van der Waals surface area contributed by atoms with E-state index in [0.29, 0.717) is 5.39 Å². The number of ether oxygens (including phenoxy) is 2. The van der Waals surface area contributed by atoms with Gasteiger partial charge in [-0.05, 0) is 0 Å². The summed E-state index contributed by atoms with van der Waals surface area (Å²) in [5, 5.41) is 2.98. The summed E-state index contributed by atoms with van der Waals surface area (Å²) in [6, 6.07) is 8.01. The van der Waals surface area contributed by atoms with Crippen LogP contribution in [0, 0.1) is 0 Å². The van der Waals surface area contributed by atoms with Crippen molar-refractivity contribution in [2.45, 2.75) is 0 Å². The van der Waals surface area contributed by atoms with E-state index < -0.39 is 5.91 Å². The van der Waals surface area contributed by atoms with Gasteiger partial charge in [-0.15, -0.1) is 0 Å². The number of methoxy groups -OCH3 is 2. The second kappa shape index (κ2) is 7.06. The van der Waals surface area contributed by atoms with Crippen molar-refractivity contribution in [3.05, 3.63) is 58.3 Å². The Morgan fingerprint density at radius 1 is 1.03 bits per heavy atom. The minimum atomic E-state index is -0.477. The fourth-order valence-corrected chi connectivity index (χ4v) is 3.58. The van der Waals surface area contributed by atoms with E-state index in [1.165, 1.54) is 20.3 Å². The summed E-state index contributed by atoms with van der Waals surface area (Å²) in [6.07, 6.45) is 0. The predicted octanol–water partition coefficient (Wildman–Crippen LogP) is 1.91. The Balaban J connectivity index is 2.03. The van der Waals surface area contributed by atoms with Crippen LogP contribution in [0.5, 0.6) is 11.5 Å². The molecule has 0 bridgehead atoms. The summed E-state index contributed by atoms with van der Waals surface area (Å²) in [4.78, 5) is 38.7. The number of nitrogens with one attached hydrogen (secondary N) is 1. The van der Waals surface area contributed by atoms with Gasteiger partial charge in [0.15, 0.2) is 28.7 Å². The molecule has 0 unspecified atom stereocenters. The van der Waals surface area contributed by atoms with Gasteiger partial charge in [-0.25, -0.2) is 0 Å². The van der Waals surface area contributed by atoms with Crippen LogP contribution in [-0.4, -0.2) is 44.8 Å². The maximum atomic E-state index is 13.2. The maximum Gasteiger partial charge on any atom is 0.287 e. The van der Waals surface area contributed by atoms with Gasteiger partial charge in [0.2, 0.25) is 0 Å². The lowest BCUT2D eigenvalue weighted by atomic mass is 9.82. The van der Waals surface area contributed by atoms with Gasteiger partial charge in [0.1, 0.15) is 5.75 Å². The molecule has 4 rings (SSSR count). The Morgan fingerprint density at radius 3 is 2.17 bits per heavy atom. The van der Waals surface area contributed by atoms with E-state index in [1.807, 2.05) is 0 Å². The minimum absolute atomic E-state index is 0.00944. The van der Waals surface area contributed by atoms with Gasteiger partial charge in [-0.3, -0.25) is 14.4 Å². The van der Waals surface area contributed by atoms with Crippen LogP contribution in [0.4, 0.5) is 0 Å². The Bertz CT molecular complexity index is 1100. The fraction of sp³-hybridized carbons (Fsp3) is 0.190. The number of rotatable bonds is 5. The lowest BCUT2D eigenvalue weighted by Gasteiger charge is -2.22. The van der Waals surface area contributed by atoms with Crippen LogP contribution in [0.25, 0.3) is 11.0 Å². The highest BCUT2D eigenvalue weighted by Crippen LogP contribution is 2.46. The average molecular weight is 394 g/mol. The topological polar surface area (TPSA) is 121 Å². The molecule has 0 aliphatic heterocycles. The predicted molar refractivity (Wildman–Crippen MR) is 104 cm³/mol. The summed E-state index contributed by atoms with van der Waals surface area (Å²) in [6.45, 7) is 0.543. The quantitative estimate of drug-likeness (QED) is 0.530. The SMILES string of the molecule is COc1c2c(c(OC)c3oc(C(=O)NCCN)cc13)C(=O)c1ccccc1C2=O. The van der Waals surface area contributed by atoms with Crippen molar-refractivity contribution in [2.24, 2.45) is 5.73 Å². The van der Waals surface area contributed by atoms with E-state index in [9.17, 15) is 14.4 Å². The number of fused-ring (bicyclic) bond motifs is 3. The van der Waals surface area contributed by atoms with Crippen LogP contribution in [0.3, 0.4) is 0 Å². The number of hydrogen-bond donors (Lipinski definition) is 2. The highest BCUT2D eigenvalue weighted by molar-refractivity contribution is 6.32. The first-order valence-corrected chi connectivity index (χ1v) is 8.91. The van der Waals surface area contributed by atoms with Crippen molar-refractivity contribution >= 4 is 28.4 Å². The molecule has 8 heteroatoms. The van der Waals surface area contributed by atoms with Gasteiger partial charge >= 0.3 is 0 Å². The molecule has 3 N–H and O–H groups in total. The second-order valence-corrected chi connectivity index (χ2v) is 6.42. The molecule has 0 saturated heterocycles. The standard InChI is InChI=1S/C21H18N2O6/c1-27-18-12-9-13(21(26)23-8-7-22)29-19(12)20(28-2)15-14(18)16(24)10-5-3-4-6-11(10)17(15)25/h3-6,9H,7-8,22H2,1-2H3,(H,23,26). The maximum absolute atomic E-state index is 13.2. The van der Waals surface area contributed by atoms with E-state index in [0.717, 1.165) is 0 Å². The summed E-state index contributed by atoms with van der Waals surface area (Å²) in [5.74, 6) is -0.980. The van der Waals surface area contributed by atoms with Gasteiger partial charge in [0.05, 0.1) is 30.7 Å². The highest BCUT2D eigenvalue weighted by Gasteiger charge is 2.38. The zero-order valence-corrected chi connectivity index (χ0v) is 15.8. The van der Waals surface area contributed by atoms with Gasteiger partial charge in [0.25, 0.3) is 5.91 Å². The Morgan fingerprint density at radius 2 is 1.62 bits per heavy atom. The van der Waals surface area contributed by atoms with Crippen molar-refractivity contribution in [3.8, 4) is 11.5 Å². The summed E-state index contributed by atoms with van der Waals surface area (Å²) in [5.41, 5.74) is 6.28. The van der Waals surface area contributed by atoms with E-state index in [4.69, 9.17) is 19.6 Å². The van der Waals surface area contributed by atoms with E-state index in [1.54, 1.807) is 24.3 Å². The lowest BCUT2D eigenvalue weighted by Crippen LogP contribution is -2.28. The third kappa shape index (κ3) is 2.68. The smallest absolute Gasteiger partial charge is 0.287 e. The largest absolute Gasteiger partial charge is 0.495 e. The Labute approximate surface area is 165 Å². The molecule has 1 aromatic heterocycles. The number of hydrogen-bond acceptors (Lipinski definition) is 7. The van der Waals surface area contributed by atoms with Crippen LogP contribution in [0.15, 0.2) is 34.7 Å². The molecule has 148 valence electrons. The summed E-state index contributed by atoms with van der Waals surface area (Å²) < 4.78 is 16.7. The molecule has 1 aliphatic carbocycles. The zero-order chi connectivity index (χ0) is 20.7. The van der Waals surface area contributed by atoms with Crippen LogP contribution >= 0.6 is 0 Å². The molecule has 0 spiro atoms. The minimum Gasteiger partial charge on any atom is -0.495 e. The molecule has 0 fully saturated rings. The van der Waals surface area contributed by atoms with E-state index in [-0.39, 0.29) is 69.8 Å². The molecule has 1 amide bonds. The van der Waals surface area contributed by atoms with Crippen molar-refractivity contribution < 1.29 is 28.3 Å². The Kier molecular flexibility index (Phi) is 4.56. The number of amides is 1. The fourth-order valence-electron chi connectivity index (χ4n) is 3.58. The number of furan rings is 1. The number of ketones is 2. The second-order valence-electron chi connectivity index (χ2n) is 6.42. The molecular weight excluding hydrogens is 376 g/mol. The average Bonchev–Trinajstić information content (AvgIpc) is 3.19. The molecule has 3 aromatic rings. The van der Waals surface area contributed by atoms with Gasteiger partial charge in [-0.2, -0.15) is 0 Å². The van der Waals surface area contributed by atoms with Crippen LogP contribution < -0.4 is 20.5 Å². The van der Waals surface area contributed by atoms with Crippen LogP contribution in [-0.2, 0) is 0 Å². The molecule has 1 aliphatic rings. The highest BCUT2D eigenvalue weighted by atomic mass is 16.5. The molecular formula is C21H18N2O6. The molecule has 8 nitrogen and oxygen atoms in total. The lowest BCUT2D eigenvalue weighted by molar-refractivity contribution is 0.0928. The van der Waals surface area contributed by atoms with Gasteiger partial charge < -0.3 is 24.9 Å². The third-order valence-electron chi connectivity index (χ3n) is 4.82. The molecule has 0 saturated carbocycles. The number of benzene rings is 2. The zero-order valence-electron chi connectivity index (χ0n) is 15.8. The first kappa shape index (κ1) is 18.7. The van der Waals surface area contributed by atoms with Crippen LogP contribution in [0.2, 0.25) is 0 Å². The normalized spacial score (nSPS) is 12.5. The number of carbonyl (C=O) groups is 3. The molecule has 0 atom stereocenters.